The van der Waals surface area contributed by atoms with Crippen LogP contribution in [0.15, 0.2) is 22.7 Å². The van der Waals surface area contributed by atoms with Gasteiger partial charge in [0, 0.05) is 10.0 Å². The van der Waals surface area contributed by atoms with Gasteiger partial charge in [-0.25, -0.2) is 0 Å². The summed E-state index contributed by atoms with van der Waals surface area (Å²) in [7, 11) is 0. The number of hydrogen-bond acceptors (Lipinski definition) is 5. The van der Waals surface area contributed by atoms with Gasteiger partial charge in [0.25, 0.3) is 0 Å². The zero-order valence-electron chi connectivity index (χ0n) is 6.27. The van der Waals surface area contributed by atoms with Crippen molar-refractivity contribution in [3.8, 4) is 0 Å². The van der Waals surface area contributed by atoms with Crippen LogP contribution in [0.1, 0.15) is 10.4 Å². The highest BCUT2D eigenvalue weighted by molar-refractivity contribution is 9.10. The lowest BCUT2D eigenvalue weighted by Gasteiger charge is -2.14. The second kappa shape index (κ2) is 3.73. The number of anilines is 1. The van der Waals surface area contributed by atoms with Crippen LogP contribution in [-0.2, 0) is 0 Å². The SMILES string of the molecule is O=C([O-])c1ccc(Br)cc1N(O)O. The van der Waals surface area contributed by atoms with Crippen LogP contribution in [0.3, 0.4) is 0 Å². The summed E-state index contributed by atoms with van der Waals surface area (Å²) in [6.45, 7) is 0. The summed E-state index contributed by atoms with van der Waals surface area (Å²) < 4.78 is 0.528. The van der Waals surface area contributed by atoms with Crippen LogP contribution in [0.4, 0.5) is 5.69 Å². The molecule has 70 valence electrons. The normalized spacial score (nSPS) is 9.77. The fourth-order valence-corrected chi connectivity index (χ4v) is 1.19. The van der Waals surface area contributed by atoms with Crippen LogP contribution in [0.5, 0.6) is 0 Å². The summed E-state index contributed by atoms with van der Waals surface area (Å²) >= 11 is 3.05. The molecular formula is C7H5BrNO4-. The fraction of sp³-hybridized carbons (Fsp3) is 0. The van der Waals surface area contributed by atoms with Crippen LogP contribution in [0, 0.1) is 0 Å². The minimum Gasteiger partial charge on any atom is -0.545 e. The molecule has 0 aliphatic carbocycles. The van der Waals surface area contributed by atoms with Crippen molar-refractivity contribution in [1.29, 1.82) is 0 Å². The minimum atomic E-state index is -1.48. The van der Waals surface area contributed by atoms with Crippen molar-refractivity contribution in [2.75, 3.05) is 5.23 Å². The zero-order chi connectivity index (χ0) is 10.0. The molecule has 0 unspecified atom stereocenters. The number of halogens is 1. The van der Waals surface area contributed by atoms with Crippen molar-refractivity contribution in [3.63, 3.8) is 0 Å². The lowest BCUT2D eigenvalue weighted by atomic mass is 10.2. The topological polar surface area (TPSA) is 83.8 Å². The number of nitrogens with zero attached hydrogens (tertiary/aromatic N) is 1. The van der Waals surface area contributed by atoms with Gasteiger partial charge in [0.2, 0.25) is 0 Å². The Kier molecular flexibility index (Phi) is 2.86. The number of carbonyl (C=O) groups excluding carboxylic acids is 1. The van der Waals surface area contributed by atoms with Crippen molar-refractivity contribution in [2.24, 2.45) is 0 Å². The Morgan fingerprint density at radius 2 is 2.08 bits per heavy atom. The summed E-state index contributed by atoms with van der Waals surface area (Å²) in [5.41, 5.74) is -0.553. The molecule has 6 heteroatoms. The highest BCUT2D eigenvalue weighted by Gasteiger charge is 2.08. The molecule has 0 fully saturated rings. The highest BCUT2D eigenvalue weighted by atomic mass is 79.9. The number of carbonyl (C=O) groups is 1. The summed E-state index contributed by atoms with van der Waals surface area (Å²) in [4.78, 5) is 10.5. The van der Waals surface area contributed by atoms with Gasteiger partial charge in [-0.3, -0.25) is 10.4 Å². The van der Waals surface area contributed by atoms with Gasteiger partial charge in [-0.15, -0.1) is 5.23 Å². The van der Waals surface area contributed by atoms with Crippen molar-refractivity contribution < 1.29 is 20.3 Å². The molecule has 0 spiro atoms. The molecule has 1 rings (SSSR count). The molecule has 0 amide bonds. The zero-order valence-corrected chi connectivity index (χ0v) is 7.85. The second-order valence-electron chi connectivity index (χ2n) is 2.24. The molecule has 0 saturated heterocycles. The van der Waals surface area contributed by atoms with Crippen molar-refractivity contribution in [2.45, 2.75) is 0 Å². The smallest absolute Gasteiger partial charge is 0.104 e. The molecule has 0 aliphatic rings. The van der Waals surface area contributed by atoms with Gasteiger partial charge in [0.05, 0.1) is 5.97 Å². The summed E-state index contributed by atoms with van der Waals surface area (Å²) in [6, 6.07) is 3.90. The second-order valence-corrected chi connectivity index (χ2v) is 3.15. The maximum absolute atomic E-state index is 10.5. The van der Waals surface area contributed by atoms with E-state index >= 15 is 0 Å². The predicted molar refractivity (Wildman–Crippen MR) is 44.5 cm³/mol. The van der Waals surface area contributed by atoms with Gasteiger partial charge >= 0.3 is 0 Å². The molecule has 0 aromatic heterocycles. The first kappa shape index (κ1) is 9.97. The van der Waals surface area contributed by atoms with Crippen LogP contribution < -0.4 is 10.3 Å². The Balaban J connectivity index is 3.26. The molecule has 13 heavy (non-hydrogen) atoms. The fourth-order valence-electron chi connectivity index (χ4n) is 0.843. The van der Waals surface area contributed by atoms with Gasteiger partial charge in [0.1, 0.15) is 5.69 Å². The molecular weight excluding hydrogens is 242 g/mol. The molecule has 2 N–H and O–H groups in total. The van der Waals surface area contributed by atoms with E-state index in [0.717, 1.165) is 0 Å². The van der Waals surface area contributed by atoms with Crippen LogP contribution in [-0.4, -0.2) is 16.4 Å². The average molecular weight is 247 g/mol. The van der Waals surface area contributed by atoms with Gasteiger partial charge in [-0.1, -0.05) is 15.9 Å². The van der Waals surface area contributed by atoms with Gasteiger partial charge < -0.3 is 9.90 Å². The van der Waals surface area contributed by atoms with Crippen molar-refractivity contribution >= 4 is 27.6 Å². The molecule has 0 radical (unpaired) electrons. The lowest BCUT2D eigenvalue weighted by molar-refractivity contribution is -0.255. The van der Waals surface area contributed by atoms with E-state index in [0.29, 0.717) is 4.47 Å². The summed E-state index contributed by atoms with van der Waals surface area (Å²) in [6.07, 6.45) is 0. The van der Waals surface area contributed by atoms with Crippen molar-refractivity contribution in [1.82, 2.24) is 0 Å². The third kappa shape index (κ3) is 2.18. The summed E-state index contributed by atoms with van der Waals surface area (Å²) in [5, 5.41) is 27.5. The molecule has 1 aromatic carbocycles. The number of carboxylic acids is 1. The maximum atomic E-state index is 10.5. The Hall–Kier alpha value is -1.11. The number of rotatable bonds is 2. The molecule has 0 bridgehead atoms. The molecule has 5 nitrogen and oxygen atoms in total. The Morgan fingerprint density at radius 1 is 1.46 bits per heavy atom. The molecule has 0 saturated carbocycles. The standard InChI is InChI=1S/C7H6BrNO4/c8-4-1-2-5(7(10)11)6(3-4)9(12)13/h1-3,12-13H,(H,10,11)/p-1. The first-order chi connectivity index (χ1) is 6.02. The van der Waals surface area contributed by atoms with Crippen LogP contribution in [0.25, 0.3) is 0 Å². The van der Waals surface area contributed by atoms with E-state index in [9.17, 15) is 9.90 Å². The van der Waals surface area contributed by atoms with E-state index in [4.69, 9.17) is 10.4 Å². The molecule has 0 heterocycles. The third-order valence-corrected chi connectivity index (χ3v) is 1.89. The Morgan fingerprint density at radius 3 is 2.54 bits per heavy atom. The predicted octanol–water partition coefficient (Wildman–Crippen LogP) is 0.397. The quantitative estimate of drug-likeness (QED) is 0.739. The molecule has 0 atom stereocenters. The van der Waals surface area contributed by atoms with Gasteiger partial charge in [0.15, 0.2) is 0 Å². The number of hydrogen-bond donors (Lipinski definition) is 2. The van der Waals surface area contributed by atoms with Crippen LogP contribution in [0.2, 0.25) is 0 Å². The number of aromatic carboxylic acids is 1. The van der Waals surface area contributed by atoms with Crippen molar-refractivity contribution in [3.05, 3.63) is 28.2 Å². The van der Waals surface area contributed by atoms with Crippen LogP contribution >= 0.6 is 15.9 Å². The lowest BCUT2D eigenvalue weighted by Crippen LogP contribution is -2.25. The van der Waals surface area contributed by atoms with E-state index in [1.54, 1.807) is 0 Å². The number of carboxylic acid groups (broad SMARTS) is 1. The molecule has 1 aromatic rings. The van der Waals surface area contributed by atoms with E-state index in [1.807, 2.05) is 0 Å². The Bertz CT molecular complexity index is 339. The third-order valence-electron chi connectivity index (χ3n) is 1.40. The van der Waals surface area contributed by atoms with E-state index in [2.05, 4.69) is 15.9 Å². The first-order valence-corrected chi connectivity index (χ1v) is 4.00. The minimum absolute atomic E-state index is 0.255. The van der Waals surface area contributed by atoms with E-state index in [1.165, 1.54) is 18.2 Å². The monoisotopic (exact) mass is 246 g/mol. The first-order valence-electron chi connectivity index (χ1n) is 3.21. The van der Waals surface area contributed by atoms with Gasteiger partial charge in [-0.2, -0.15) is 0 Å². The molecule has 0 aliphatic heterocycles. The van der Waals surface area contributed by atoms with Gasteiger partial charge in [-0.05, 0) is 18.2 Å². The average Bonchev–Trinajstić information content (AvgIpc) is 2.03. The Labute approximate surface area is 81.9 Å². The highest BCUT2D eigenvalue weighted by Crippen LogP contribution is 2.22. The van der Waals surface area contributed by atoms with E-state index < -0.39 is 5.97 Å². The van der Waals surface area contributed by atoms with E-state index in [-0.39, 0.29) is 16.5 Å². The maximum Gasteiger partial charge on any atom is 0.104 e. The largest absolute Gasteiger partial charge is 0.545 e. The number of benzene rings is 1. The summed E-state index contributed by atoms with van der Waals surface area (Å²) in [5.74, 6) is -1.48.